The van der Waals surface area contributed by atoms with Crippen LogP contribution in [0.25, 0.3) is 27.9 Å². The van der Waals surface area contributed by atoms with E-state index in [9.17, 15) is 0 Å². The second-order valence-corrected chi connectivity index (χ2v) is 10.2. The fourth-order valence-electron chi connectivity index (χ4n) is 5.80. The van der Waals surface area contributed by atoms with E-state index in [1.54, 1.807) is 4.52 Å². The average Bonchev–Trinajstić information content (AvgIpc) is 3.55. The summed E-state index contributed by atoms with van der Waals surface area (Å²) in [6, 6.07) is 17.2. The molecule has 0 atom stereocenters. The number of benzene rings is 2. The quantitative estimate of drug-likeness (QED) is 0.402. The van der Waals surface area contributed by atoms with Crippen molar-refractivity contribution in [1.82, 2.24) is 19.5 Å². The van der Waals surface area contributed by atoms with Crippen molar-refractivity contribution >= 4 is 28.8 Å². The van der Waals surface area contributed by atoms with Gasteiger partial charge in [0.25, 0.3) is 0 Å². The number of nitrogens with zero attached hydrogens (tertiary/aromatic N) is 5. The van der Waals surface area contributed by atoms with Gasteiger partial charge in [-0.1, -0.05) is 35.9 Å². The summed E-state index contributed by atoms with van der Waals surface area (Å²) in [5.74, 6) is 0.571. The molecule has 0 unspecified atom stereocenters. The van der Waals surface area contributed by atoms with Crippen LogP contribution in [0.2, 0.25) is 5.02 Å². The van der Waals surface area contributed by atoms with E-state index in [4.69, 9.17) is 22.3 Å². The van der Waals surface area contributed by atoms with Gasteiger partial charge in [-0.3, -0.25) is 0 Å². The third-order valence-electron chi connectivity index (χ3n) is 7.62. The maximum Gasteiger partial charge on any atom is 0.165 e. The molecule has 6 rings (SSSR count). The van der Waals surface area contributed by atoms with E-state index in [0.717, 1.165) is 52.7 Å². The van der Waals surface area contributed by atoms with Crippen LogP contribution in [0.5, 0.6) is 0 Å². The highest BCUT2D eigenvalue weighted by Crippen LogP contribution is 2.35. The zero-order valence-corrected chi connectivity index (χ0v) is 20.9. The SMILES string of the molecule is Cc1nc2c(-c3cccc(N4CCC(N5CCCC5)CC4)c3)cnn2c(N)c1-c1cccc(Cl)c1. The van der Waals surface area contributed by atoms with Crippen molar-refractivity contribution < 1.29 is 0 Å². The van der Waals surface area contributed by atoms with Gasteiger partial charge in [0.15, 0.2) is 5.65 Å². The van der Waals surface area contributed by atoms with E-state index < -0.39 is 0 Å². The number of hydrogen-bond donors (Lipinski definition) is 1. The molecule has 0 amide bonds. The highest BCUT2D eigenvalue weighted by atomic mass is 35.5. The molecule has 6 nitrogen and oxygen atoms in total. The summed E-state index contributed by atoms with van der Waals surface area (Å²) in [5, 5.41) is 5.29. The Hall–Kier alpha value is -3.09. The predicted molar refractivity (Wildman–Crippen MR) is 144 cm³/mol. The van der Waals surface area contributed by atoms with Crippen LogP contribution in [0.3, 0.4) is 0 Å². The molecule has 7 heteroatoms. The van der Waals surface area contributed by atoms with Gasteiger partial charge in [0, 0.05) is 41.0 Å². The number of rotatable bonds is 4. The zero-order chi connectivity index (χ0) is 23.9. The second-order valence-electron chi connectivity index (χ2n) is 9.77. The minimum absolute atomic E-state index is 0.571. The van der Waals surface area contributed by atoms with Gasteiger partial charge in [0.05, 0.1) is 11.9 Å². The number of nitrogens with two attached hydrogens (primary N) is 1. The normalized spacial score (nSPS) is 17.5. The van der Waals surface area contributed by atoms with Crippen LogP contribution in [0, 0.1) is 6.92 Å². The summed E-state index contributed by atoms with van der Waals surface area (Å²) in [6.07, 6.45) is 7.08. The lowest BCUT2D eigenvalue weighted by Gasteiger charge is -2.38. The summed E-state index contributed by atoms with van der Waals surface area (Å²) in [6.45, 7) is 6.76. The van der Waals surface area contributed by atoms with E-state index in [0.29, 0.717) is 10.8 Å². The monoisotopic (exact) mass is 486 g/mol. The van der Waals surface area contributed by atoms with E-state index in [2.05, 4.69) is 39.2 Å². The molecule has 4 heterocycles. The van der Waals surface area contributed by atoms with Gasteiger partial charge in [-0.05, 0) is 81.1 Å². The van der Waals surface area contributed by atoms with Gasteiger partial charge in [0.1, 0.15) is 5.82 Å². The van der Waals surface area contributed by atoms with Gasteiger partial charge in [-0.25, -0.2) is 4.98 Å². The first-order valence-electron chi connectivity index (χ1n) is 12.6. The van der Waals surface area contributed by atoms with Crippen molar-refractivity contribution in [2.24, 2.45) is 0 Å². The molecule has 0 saturated carbocycles. The first-order valence-corrected chi connectivity index (χ1v) is 13.0. The molecule has 2 aliphatic heterocycles. The van der Waals surface area contributed by atoms with Crippen molar-refractivity contribution in [3.8, 4) is 22.3 Å². The van der Waals surface area contributed by atoms with Crippen LogP contribution in [0.1, 0.15) is 31.4 Å². The Labute approximate surface area is 211 Å². The lowest BCUT2D eigenvalue weighted by atomic mass is 10.0. The lowest BCUT2D eigenvalue weighted by molar-refractivity contribution is 0.208. The summed E-state index contributed by atoms with van der Waals surface area (Å²) < 4.78 is 1.74. The number of likely N-dealkylation sites (tertiary alicyclic amines) is 1. The number of anilines is 2. The molecular formula is C28H31ClN6. The Kier molecular flexibility index (Phi) is 5.86. The van der Waals surface area contributed by atoms with E-state index in [1.807, 2.05) is 37.4 Å². The highest BCUT2D eigenvalue weighted by Gasteiger charge is 2.26. The first kappa shape index (κ1) is 22.4. The van der Waals surface area contributed by atoms with Crippen molar-refractivity contribution in [2.45, 2.75) is 38.6 Å². The zero-order valence-electron chi connectivity index (χ0n) is 20.1. The highest BCUT2D eigenvalue weighted by molar-refractivity contribution is 6.30. The lowest BCUT2D eigenvalue weighted by Crippen LogP contribution is -2.43. The third-order valence-corrected chi connectivity index (χ3v) is 7.86. The third kappa shape index (κ3) is 4.15. The van der Waals surface area contributed by atoms with Crippen LogP contribution in [-0.2, 0) is 0 Å². The van der Waals surface area contributed by atoms with Gasteiger partial charge in [-0.15, -0.1) is 0 Å². The number of fused-ring (bicyclic) bond motifs is 1. The molecule has 2 aliphatic rings. The second kappa shape index (κ2) is 9.17. The van der Waals surface area contributed by atoms with Crippen molar-refractivity contribution in [2.75, 3.05) is 36.8 Å². The van der Waals surface area contributed by atoms with Gasteiger partial charge in [-0.2, -0.15) is 9.61 Å². The molecular weight excluding hydrogens is 456 g/mol. The standard InChI is InChI=1S/C28H31ClN6/c1-19-26(21-7-4-8-22(29)16-21)27(30)35-28(32-19)25(18-31-35)20-6-5-9-24(17-20)34-14-10-23(11-15-34)33-12-2-3-13-33/h4-9,16-18,23H,2-3,10-15,30H2,1H3. The minimum Gasteiger partial charge on any atom is -0.383 e. The Balaban J connectivity index is 1.30. The van der Waals surface area contributed by atoms with Crippen LogP contribution in [-0.4, -0.2) is 51.7 Å². The summed E-state index contributed by atoms with van der Waals surface area (Å²) in [4.78, 5) is 10.2. The first-order chi connectivity index (χ1) is 17.1. The summed E-state index contributed by atoms with van der Waals surface area (Å²) >= 11 is 6.23. The number of aromatic nitrogens is 3. The maximum atomic E-state index is 6.61. The number of aryl methyl sites for hydroxylation is 1. The van der Waals surface area contributed by atoms with Crippen LogP contribution in [0.4, 0.5) is 11.5 Å². The van der Waals surface area contributed by atoms with Crippen LogP contribution >= 0.6 is 11.6 Å². The molecule has 0 spiro atoms. The largest absolute Gasteiger partial charge is 0.383 e. The fraction of sp³-hybridized carbons (Fsp3) is 0.357. The van der Waals surface area contributed by atoms with E-state index >= 15 is 0 Å². The molecule has 2 saturated heterocycles. The minimum atomic E-state index is 0.571. The molecule has 0 radical (unpaired) electrons. The Bertz CT molecular complexity index is 1370. The Morgan fingerprint density at radius 3 is 2.46 bits per heavy atom. The molecule has 2 fully saturated rings. The van der Waals surface area contributed by atoms with Crippen LogP contribution in [0.15, 0.2) is 54.7 Å². The Morgan fingerprint density at radius 2 is 1.69 bits per heavy atom. The van der Waals surface area contributed by atoms with E-state index in [1.165, 1.54) is 44.5 Å². The average molecular weight is 487 g/mol. The molecule has 2 N–H and O–H groups in total. The molecule has 0 bridgehead atoms. The summed E-state index contributed by atoms with van der Waals surface area (Å²) in [5.41, 5.74) is 13.4. The molecule has 180 valence electrons. The number of nitrogen functional groups attached to an aromatic ring is 1. The smallest absolute Gasteiger partial charge is 0.165 e. The number of hydrogen-bond acceptors (Lipinski definition) is 5. The molecule has 2 aromatic carbocycles. The van der Waals surface area contributed by atoms with Crippen molar-refractivity contribution in [3.05, 3.63) is 65.4 Å². The summed E-state index contributed by atoms with van der Waals surface area (Å²) in [7, 11) is 0. The maximum absolute atomic E-state index is 6.61. The van der Waals surface area contributed by atoms with Gasteiger partial charge >= 0.3 is 0 Å². The number of halogens is 1. The predicted octanol–water partition coefficient (Wildman–Crippen LogP) is 5.67. The van der Waals surface area contributed by atoms with E-state index in [-0.39, 0.29) is 0 Å². The number of piperidine rings is 1. The van der Waals surface area contributed by atoms with Crippen molar-refractivity contribution in [3.63, 3.8) is 0 Å². The molecule has 2 aromatic heterocycles. The molecule has 4 aromatic rings. The molecule has 0 aliphatic carbocycles. The van der Waals surface area contributed by atoms with Crippen molar-refractivity contribution in [1.29, 1.82) is 0 Å². The fourth-order valence-corrected chi connectivity index (χ4v) is 5.99. The topological polar surface area (TPSA) is 62.7 Å². The van der Waals surface area contributed by atoms with Crippen LogP contribution < -0.4 is 10.6 Å². The molecule has 35 heavy (non-hydrogen) atoms. The van der Waals surface area contributed by atoms with Gasteiger partial charge in [0.2, 0.25) is 0 Å². The Morgan fingerprint density at radius 1 is 0.943 bits per heavy atom. The van der Waals surface area contributed by atoms with Gasteiger partial charge < -0.3 is 15.5 Å².